The maximum atomic E-state index is 5.18. The molecule has 0 atom stereocenters. The monoisotopic (exact) mass is 276 g/mol. The molecule has 2 saturated carbocycles. The van der Waals surface area contributed by atoms with E-state index in [-0.39, 0.29) is 0 Å². The Labute approximate surface area is 121 Å². The van der Waals surface area contributed by atoms with Crippen LogP contribution in [0.15, 0.2) is 23.0 Å². The zero-order chi connectivity index (χ0) is 13.1. The Morgan fingerprint density at radius 3 is 2.42 bits per heavy atom. The van der Waals surface area contributed by atoms with Crippen molar-refractivity contribution in [3.05, 3.63) is 24.2 Å². The van der Waals surface area contributed by atoms with Gasteiger partial charge in [0.25, 0.3) is 0 Å². The summed E-state index contributed by atoms with van der Waals surface area (Å²) in [5, 5.41) is 2.01. The van der Waals surface area contributed by atoms with Crippen molar-refractivity contribution in [2.24, 2.45) is 17.3 Å². The zero-order valence-electron chi connectivity index (χ0n) is 11.6. The van der Waals surface area contributed by atoms with E-state index < -0.39 is 0 Å². The predicted molar refractivity (Wildman–Crippen MR) is 82.4 cm³/mol. The summed E-state index contributed by atoms with van der Waals surface area (Å²) in [5.74, 6) is 1.61. The maximum Gasteiger partial charge on any atom is 0.0934 e. The van der Waals surface area contributed by atoms with Gasteiger partial charge in [0.05, 0.1) is 12.5 Å². The molecule has 0 aromatic carbocycles. The Bertz CT molecular complexity index is 391. The molecule has 0 aliphatic heterocycles. The molecule has 0 saturated heterocycles. The lowest BCUT2D eigenvalue weighted by atomic mass is 9.61. The third-order valence-corrected chi connectivity index (χ3v) is 5.94. The van der Waals surface area contributed by atoms with Gasteiger partial charge < -0.3 is 4.42 Å². The molecule has 2 aliphatic rings. The van der Waals surface area contributed by atoms with E-state index in [2.05, 4.69) is 6.07 Å². The Morgan fingerprint density at radius 2 is 1.84 bits per heavy atom. The lowest BCUT2D eigenvalue weighted by Crippen LogP contribution is -2.32. The summed E-state index contributed by atoms with van der Waals surface area (Å²) in [4.78, 5) is 0. The Morgan fingerprint density at radius 1 is 1.16 bits per heavy atom. The van der Waals surface area contributed by atoms with E-state index in [1.54, 1.807) is 6.26 Å². The van der Waals surface area contributed by atoms with Crippen LogP contribution in [0.1, 0.15) is 56.9 Å². The number of hydrogen-bond acceptors (Lipinski definition) is 2. The van der Waals surface area contributed by atoms with Gasteiger partial charge in [-0.3, -0.25) is 0 Å². The van der Waals surface area contributed by atoms with E-state index in [1.807, 2.05) is 11.6 Å². The van der Waals surface area contributed by atoms with Crippen molar-refractivity contribution in [2.45, 2.75) is 57.8 Å². The smallest absolute Gasteiger partial charge is 0.0934 e. The highest BCUT2D eigenvalue weighted by Gasteiger charge is 2.37. The van der Waals surface area contributed by atoms with E-state index in [1.165, 1.54) is 63.4 Å². The largest absolute Gasteiger partial charge is 0.472 e. The standard InChI is InChI=1S/C17H24OS/c19-13-15-3-8-17(9-4-15)6-1-14(2-7-17)11-16-5-10-18-12-16/h5,10,12-15H,1-4,6-9,11H2. The molecule has 0 amide bonds. The predicted octanol–water partition coefficient (Wildman–Crippen LogP) is 5.19. The highest BCUT2D eigenvalue weighted by Crippen LogP contribution is 2.50. The van der Waals surface area contributed by atoms with Gasteiger partial charge in [0.15, 0.2) is 0 Å². The molecule has 0 radical (unpaired) electrons. The minimum absolute atomic E-state index is 0.682. The Kier molecular flexibility index (Phi) is 4.07. The summed E-state index contributed by atoms with van der Waals surface area (Å²) in [6, 6.07) is 2.12. The average molecular weight is 276 g/mol. The van der Waals surface area contributed by atoms with Gasteiger partial charge in [-0.05, 0) is 92.0 Å². The molecule has 19 heavy (non-hydrogen) atoms. The SMILES string of the molecule is S=CC1CCC2(CC1)CCC(Cc1ccoc1)CC2. The summed E-state index contributed by atoms with van der Waals surface area (Å²) >= 11 is 5.11. The summed E-state index contributed by atoms with van der Waals surface area (Å²) < 4.78 is 5.18. The molecule has 2 aliphatic carbocycles. The third kappa shape index (κ3) is 3.10. The normalized spacial score (nSPS) is 35.4. The van der Waals surface area contributed by atoms with Crippen LogP contribution in [0.3, 0.4) is 0 Å². The maximum absolute atomic E-state index is 5.18. The minimum Gasteiger partial charge on any atom is -0.472 e. The van der Waals surface area contributed by atoms with Crippen LogP contribution < -0.4 is 0 Å². The number of hydrogen-bond donors (Lipinski definition) is 0. The lowest BCUT2D eigenvalue weighted by Gasteiger charge is -2.44. The molecule has 3 rings (SSSR count). The molecule has 1 heterocycles. The van der Waals surface area contributed by atoms with Crippen molar-refractivity contribution in [2.75, 3.05) is 0 Å². The first-order valence-corrected chi connectivity index (χ1v) is 8.23. The molecule has 1 aromatic heterocycles. The van der Waals surface area contributed by atoms with E-state index in [9.17, 15) is 0 Å². The van der Waals surface area contributed by atoms with Crippen molar-refractivity contribution >= 4 is 17.6 Å². The van der Waals surface area contributed by atoms with Crippen LogP contribution in [-0.2, 0) is 6.42 Å². The first-order valence-electron chi connectivity index (χ1n) is 7.76. The number of furan rings is 1. The Hall–Kier alpha value is -0.630. The second kappa shape index (κ2) is 5.78. The van der Waals surface area contributed by atoms with Crippen LogP contribution in [-0.4, -0.2) is 5.37 Å². The van der Waals surface area contributed by atoms with Crippen molar-refractivity contribution in [3.63, 3.8) is 0 Å². The van der Waals surface area contributed by atoms with Gasteiger partial charge in [-0.1, -0.05) is 12.2 Å². The summed E-state index contributed by atoms with van der Waals surface area (Å²) in [6.07, 6.45) is 16.2. The van der Waals surface area contributed by atoms with Crippen molar-refractivity contribution in [3.8, 4) is 0 Å². The van der Waals surface area contributed by atoms with Crippen LogP contribution in [0.4, 0.5) is 0 Å². The summed E-state index contributed by atoms with van der Waals surface area (Å²) in [6.45, 7) is 0. The average Bonchev–Trinajstić information content (AvgIpc) is 2.96. The van der Waals surface area contributed by atoms with Gasteiger partial charge in [-0.2, -0.15) is 0 Å². The second-order valence-electron chi connectivity index (χ2n) is 6.75. The molecular formula is C17H24OS. The van der Waals surface area contributed by atoms with Gasteiger partial charge in [-0.25, -0.2) is 0 Å². The van der Waals surface area contributed by atoms with E-state index >= 15 is 0 Å². The van der Waals surface area contributed by atoms with Crippen LogP contribution in [0.25, 0.3) is 0 Å². The molecular weight excluding hydrogens is 252 g/mol. The van der Waals surface area contributed by atoms with E-state index in [0.29, 0.717) is 5.41 Å². The van der Waals surface area contributed by atoms with Gasteiger partial charge in [-0.15, -0.1) is 0 Å². The fraction of sp³-hybridized carbons (Fsp3) is 0.706. The fourth-order valence-electron chi connectivity index (χ4n) is 4.12. The van der Waals surface area contributed by atoms with Gasteiger partial charge >= 0.3 is 0 Å². The second-order valence-corrected chi connectivity index (χ2v) is 7.02. The van der Waals surface area contributed by atoms with Gasteiger partial charge in [0.1, 0.15) is 0 Å². The lowest BCUT2D eigenvalue weighted by molar-refractivity contribution is 0.0884. The fourth-order valence-corrected chi connectivity index (χ4v) is 4.40. The van der Waals surface area contributed by atoms with Crippen LogP contribution >= 0.6 is 12.2 Å². The topological polar surface area (TPSA) is 13.1 Å². The summed E-state index contributed by atoms with van der Waals surface area (Å²) in [7, 11) is 0. The van der Waals surface area contributed by atoms with Crippen molar-refractivity contribution < 1.29 is 4.42 Å². The van der Waals surface area contributed by atoms with E-state index in [0.717, 1.165) is 11.8 Å². The van der Waals surface area contributed by atoms with Gasteiger partial charge in [0, 0.05) is 0 Å². The van der Waals surface area contributed by atoms with Crippen LogP contribution in [0.2, 0.25) is 0 Å². The molecule has 104 valence electrons. The highest BCUT2D eigenvalue weighted by molar-refractivity contribution is 7.79. The van der Waals surface area contributed by atoms with Crippen LogP contribution in [0.5, 0.6) is 0 Å². The molecule has 1 nitrogen and oxygen atoms in total. The third-order valence-electron chi connectivity index (χ3n) is 5.55. The summed E-state index contributed by atoms with van der Waals surface area (Å²) in [5.41, 5.74) is 2.06. The van der Waals surface area contributed by atoms with Crippen LogP contribution in [0, 0.1) is 17.3 Å². The highest BCUT2D eigenvalue weighted by atomic mass is 32.1. The van der Waals surface area contributed by atoms with Crippen molar-refractivity contribution in [1.82, 2.24) is 0 Å². The molecule has 0 bridgehead atoms. The quantitative estimate of drug-likeness (QED) is 0.705. The molecule has 0 unspecified atom stereocenters. The molecule has 1 aromatic rings. The first kappa shape index (κ1) is 13.4. The zero-order valence-corrected chi connectivity index (χ0v) is 12.5. The van der Waals surface area contributed by atoms with Crippen molar-refractivity contribution in [1.29, 1.82) is 0 Å². The first-order chi connectivity index (χ1) is 9.30. The van der Waals surface area contributed by atoms with E-state index in [4.69, 9.17) is 16.6 Å². The minimum atomic E-state index is 0.682. The molecule has 2 heteroatoms. The number of thiocarbonyl (C=S) groups is 1. The van der Waals surface area contributed by atoms with Gasteiger partial charge in [0.2, 0.25) is 0 Å². The molecule has 0 N–H and O–H groups in total. The number of rotatable bonds is 3. The molecule has 2 fully saturated rings. The Balaban J connectivity index is 1.50. The molecule has 1 spiro atoms.